The van der Waals surface area contributed by atoms with Crippen molar-refractivity contribution in [2.24, 2.45) is 0 Å². The van der Waals surface area contributed by atoms with E-state index >= 15 is 0 Å². The van der Waals surface area contributed by atoms with Gasteiger partial charge in [-0.2, -0.15) is 8.78 Å². The minimum atomic E-state index is -3.72. The minimum Gasteiger partial charge on any atom is -0.385 e. The van der Waals surface area contributed by atoms with Crippen molar-refractivity contribution in [3.63, 3.8) is 0 Å². The van der Waals surface area contributed by atoms with Crippen molar-refractivity contribution in [3.8, 4) is 0 Å². The van der Waals surface area contributed by atoms with Gasteiger partial charge >= 0.3 is 5.38 Å². The molecular formula is C9H7BrClF3O. The molecule has 15 heavy (non-hydrogen) atoms. The van der Waals surface area contributed by atoms with E-state index in [1.807, 2.05) is 0 Å². The zero-order valence-electron chi connectivity index (χ0n) is 7.35. The summed E-state index contributed by atoms with van der Waals surface area (Å²) in [4.78, 5) is 0. The number of aliphatic hydroxyl groups excluding tert-OH is 1. The molecule has 0 aliphatic heterocycles. The molecule has 0 amide bonds. The van der Waals surface area contributed by atoms with E-state index in [0.717, 1.165) is 6.07 Å². The molecule has 0 aliphatic carbocycles. The molecule has 1 unspecified atom stereocenters. The van der Waals surface area contributed by atoms with Gasteiger partial charge in [-0.1, -0.05) is 15.9 Å². The molecule has 0 saturated heterocycles. The fourth-order valence-corrected chi connectivity index (χ4v) is 1.51. The van der Waals surface area contributed by atoms with Crippen LogP contribution in [0.1, 0.15) is 5.56 Å². The lowest BCUT2D eigenvalue weighted by Crippen LogP contribution is -2.29. The SMILES string of the molecule is OC(Cc1cc(F)ccc1Br)C(F)(F)Cl. The molecule has 0 aromatic heterocycles. The minimum absolute atomic E-state index is 0.239. The van der Waals surface area contributed by atoms with E-state index in [-0.39, 0.29) is 5.56 Å². The Morgan fingerprint density at radius 2 is 2.07 bits per heavy atom. The molecule has 0 heterocycles. The van der Waals surface area contributed by atoms with Crippen molar-refractivity contribution in [3.05, 3.63) is 34.1 Å². The maximum Gasteiger partial charge on any atom is 0.347 e. The van der Waals surface area contributed by atoms with E-state index < -0.39 is 23.7 Å². The molecule has 0 bridgehead atoms. The first kappa shape index (κ1) is 12.8. The third-order valence-electron chi connectivity index (χ3n) is 1.80. The van der Waals surface area contributed by atoms with Crippen LogP contribution < -0.4 is 0 Å². The van der Waals surface area contributed by atoms with Crippen LogP contribution in [0.3, 0.4) is 0 Å². The Morgan fingerprint density at radius 3 is 2.60 bits per heavy atom. The van der Waals surface area contributed by atoms with Crippen molar-refractivity contribution in [2.75, 3.05) is 0 Å². The Hall–Kier alpha value is -0.260. The molecule has 1 rings (SSSR count). The van der Waals surface area contributed by atoms with Gasteiger partial charge in [0.1, 0.15) is 11.9 Å². The van der Waals surface area contributed by atoms with Gasteiger partial charge in [-0.15, -0.1) is 0 Å². The lowest BCUT2D eigenvalue weighted by Gasteiger charge is -2.16. The van der Waals surface area contributed by atoms with E-state index in [9.17, 15) is 13.2 Å². The number of halogens is 5. The lowest BCUT2D eigenvalue weighted by atomic mass is 10.1. The molecule has 84 valence electrons. The highest BCUT2D eigenvalue weighted by molar-refractivity contribution is 9.10. The van der Waals surface area contributed by atoms with Crippen LogP contribution in [0.15, 0.2) is 22.7 Å². The summed E-state index contributed by atoms with van der Waals surface area (Å²) in [5, 5.41) is 5.31. The number of hydrogen-bond donors (Lipinski definition) is 1. The summed E-state index contributed by atoms with van der Waals surface area (Å²) in [6, 6.07) is 3.62. The largest absolute Gasteiger partial charge is 0.385 e. The molecule has 0 spiro atoms. The second-order valence-corrected chi connectivity index (χ2v) is 4.36. The summed E-state index contributed by atoms with van der Waals surface area (Å²) in [7, 11) is 0. The highest BCUT2D eigenvalue weighted by Gasteiger charge is 2.35. The molecule has 6 heteroatoms. The van der Waals surface area contributed by atoms with Crippen LogP contribution in [0, 0.1) is 5.82 Å². The number of rotatable bonds is 3. The smallest absolute Gasteiger partial charge is 0.347 e. The summed E-state index contributed by atoms with van der Waals surface area (Å²) in [5.74, 6) is -0.557. The van der Waals surface area contributed by atoms with Crippen LogP contribution in [0.4, 0.5) is 13.2 Å². The monoisotopic (exact) mass is 302 g/mol. The Kier molecular flexibility index (Phi) is 4.03. The maximum atomic E-state index is 12.8. The lowest BCUT2D eigenvalue weighted by molar-refractivity contribution is -0.0398. The zero-order valence-corrected chi connectivity index (χ0v) is 9.70. The maximum absolute atomic E-state index is 12.8. The Labute approximate surface area is 98.0 Å². The summed E-state index contributed by atoms with van der Waals surface area (Å²) in [6.45, 7) is 0. The van der Waals surface area contributed by atoms with Crippen LogP contribution in [-0.2, 0) is 6.42 Å². The Bertz CT molecular complexity index is 354. The standard InChI is InChI=1S/C9H7BrClF3O/c10-7-2-1-6(12)3-5(7)4-8(15)9(11,13)14/h1-3,8,15H,4H2. The average molecular weight is 304 g/mol. The van der Waals surface area contributed by atoms with Crippen molar-refractivity contribution < 1.29 is 18.3 Å². The molecule has 0 aliphatic rings. The highest BCUT2D eigenvalue weighted by Crippen LogP contribution is 2.28. The number of benzene rings is 1. The molecule has 1 nitrogen and oxygen atoms in total. The van der Waals surface area contributed by atoms with Crippen LogP contribution in [0.2, 0.25) is 0 Å². The topological polar surface area (TPSA) is 20.2 Å². The first-order valence-corrected chi connectivity index (χ1v) is 5.16. The Morgan fingerprint density at radius 1 is 1.47 bits per heavy atom. The third-order valence-corrected chi connectivity index (χ3v) is 2.82. The van der Waals surface area contributed by atoms with E-state index in [1.54, 1.807) is 0 Å². The van der Waals surface area contributed by atoms with Gasteiger partial charge < -0.3 is 5.11 Å². The molecule has 0 radical (unpaired) electrons. The van der Waals surface area contributed by atoms with Gasteiger partial charge in [-0.05, 0) is 35.4 Å². The number of alkyl halides is 3. The molecule has 1 N–H and O–H groups in total. The summed E-state index contributed by atoms with van der Waals surface area (Å²) in [5.41, 5.74) is 0.239. The summed E-state index contributed by atoms with van der Waals surface area (Å²) >= 11 is 7.69. The summed E-state index contributed by atoms with van der Waals surface area (Å²) < 4.78 is 38.1. The van der Waals surface area contributed by atoms with Crippen molar-refractivity contribution >= 4 is 27.5 Å². The number of hydrogen-bond acceptors (Lipinski definition) is 1. The van der Waals surface area contributed by atoms with Crippen LogP contribution in [0.25, 0.3) is 0 Å². The van der Waals surface area contributed by atoms with Gasteiger partial charge in [0.25, 0.3) is 0 Å². The van der Waals surface area contributed by atoms with Gasteiger partial charge in [-0.25, -0.2) is 4.39 Å². The second-order valence-electron chi connectivity index (χ2n) is 3.00. The highest BCUT2D eigenvalue weighted by atomic mass is 79.9. The quantitative estimate of drug-likeness (QED) is 0.849. The molecule has 1 aromatic carbocycles. The zero-order chi connectivity index (χ0) is 11.6. The van der Waals surface area contributed by atoms with Gasteiger partial charge in [0.2, 0.25) is 0 Å². The predicted octanol–water partition coefficient (Wildman–Crippen LogP) is 3.32. The van der Waals surface area contributed by atoms with Gasteiger partial charge in [0, 0.05) is 10.9 Å². The fourth-order valence-electron chi connectivity index (χ4n) is 1.02. The normalized spacial score (nSPS) is 14.0. The van der Waals surface area contributed by atoms with Crippen molar-refractivity contribution in [2.45, 2.75) is 17.9 Å². The van der Waals surface area contributed by atoms with Crippen LogP contribution >= 0.6 is 27.5 Å². The summed E-state index contributed by atoms with van der Waals surface area (Å²) in [6.07, 6.45) is -2.47. The van der Waals surface area contributed by atoms with Crippen molar-refractivity contribution in [1.29, 1.82) is 0 Å². The van der Waals surface area contributed by atoms with Crippen LogP contribution in [0.5, 0.6) is 0 Å². The predicted molar refractivity (Wildman–Crippen MR) is 54.6 cm³/mol. The molecule has 0 fully saturated rings. The van der Waals surface area contributed by atoms with Gasteiger partial charge in [0.15, 0.2) is 0 Å². The first-order valence-electron chi connectivity index (χ1n) is 3.99. The van der Waals surface area contributed by atoms with E-state index in [0.29, 0.717) is 4.47 Å². The Balaban J connectivity index is 2.85. The molecule has 1 aromatic rings. The second kappa shape index (κ2) is 4.72. The van der Waals surface area contributed by atoms with E-state index in [1.165, 1.54) is 12.1 Å². The molecule has 0 saturated carbocycles. The first-order chi connectivity index (χ1) is 6.80. The average Bonchev–Trinajstić information content (AvgIpc) is 2.09. The third kappa shape index (κ3) is 3.66. The van der Waals surface area contributed by atoms with E-state index in [4.69, 9.17) is 5.11 Å². The van der Waals surface area contributed by atoms with Crippen LogP contribution in [-0.4, -0.2) is 16.6 Å². The number of aliphatic hydroxyl groups is 1. The van der Waals surface area contributed by atoms with Gasteiger partial charge in [-0.3, -0.25) is 0 Å². The molecular weight excluding hydrogens is 296 g/mol. The van der Waals surface area contributed by atoms with Crippen molar-refractivity contribution in [1.82, 2.24) is 0 Å². The van der Waals surface area contributed by atoms with E-state index in [2.05, 4.69) is 27.5 Å². The fraction of sp³-hybridized carbons (Fsp3) is 0.333. The molecule has 1 atom stereocenters. The van der Waals surface area contributed by atoms with Gasteiger partial charge in [0.05, 0.1) is 0 Å².